The van der Waals surface area contributed by atoms with Crippen LogP contribution in [0.5, 0.6) is 0 Å². The lowest BCUT2D eigenvalue weighted by Crippen LogP contribution is -2.11. The van der Waals surface area contributed by atoms with Gasteiger partial charge in [-0.3, -0.25) is 9.48 Å². The van der Waals surface area contributed by atoms with Gasteiger partial charge in [0.1, 0.15) is 0 Å². The molecule has 1 aromatic heterocycles. The van der Waals surface area contributed by atoms with Crippen LogP contribution in [0.25, 0.3) is 0 Å². The third-order valence-corrected chi connectivity index (χ3v) is 3.59. The van der Waals surface area contributed by atoms with Gasteiger partial charge in [0.15, 0.2) is 0 Å². The highest BCUT2D eigenvalue weighted by molar-refractivity contribution is 5.91. The molecule has 1 N–H and O–H groups in total. The van der Waals surface area contributed by atoms with Crippen LogP contribution < -0.4 is 5.32 Å². The zero-order valence-corrected chi connectivity index (χ0v) is 13.0. The van der Waals surface area contributed by atoms with Gasteiger partial charge in [-0.1, -0.05) is 31.2 Å². The highest BCUT2D eigenvalue weighted by Crippen LogP contribution is 2.13. The summed E-state index contributed by atoms with van der Waals surface area (Å²) in [6.07, 6.45) is 5.22. The molecule has 0 radical (unpaired) electrons. The van der Waals surface area contributed by atoms with Crippen LogP contribution in [0, 0.1) is 6.92 Å². The molecule has 0 unspecified atom stereocenters. The minimum absolute atomic E-state index is 0.0521. The number of nitrogens with one attached hydrogen (secondary N) is 1. The minimum atomic E-state index is 0.0521. The van der Waals surface area contributed by atoms with Crippen LogP contribution in [0.4, 0.5) is 5.69 Å². The molecule has 0 aliphatic carbocycles. The van der Waals surface area contributed by atoms with Gasteiger partial charge in [0.05, 0.1) is 11.4 Å². The van der Waals surface area contributed by atoms with Crippen LogP contribution in [0.15, 0.2) is 30.5 Å². The topological polar surface area (TPSA) is 46.9 Å². The number of benzene rings is 1. The lowest BCUT2D eigenvalue weighted by molar-refractivity contribution is -0.116. The largest absolute Gasteiger partial charge is 0.323 e. The van der Waals surface area contributed by atoms with Gasteiger partial charge in [-0.15, -0.1) is 0 Å². The highest BCUT2D eigenvalue weighted by atomic mass is 16.1. The maximum Gasteiger partial charge on any atom is 0.224 e. The summed E-state index contributed by atoms with van der Waals surface area (Å²) in [4.78, 5) is 11.9. The fourth-order valence-corrected chi connectivity index (χ4v) is 2.33. The monoisotopic (exact) mass is 285 g/mol. The van der Waals surface area contributed by atoms with Crippen LogP contribution in [-0.2, 0) is 24.7 Å². The van der Waals surface area contributed by atoms with Crippen molar-refractivity contribution in [2.45, 2.75) is 39.5 Å². The normalized spacial score (nSPS) is 10.6. The van der Waals surface area contributed by atoms with Crippen LogP contribution in [0.3, 0.4) is 0 Å². The number of aromatic nitrogens is 2. The molecule has 21 heavy (non-hydrogen) atoms. The molecule has 4 heteroatoms. The fraction of sp³-hybridized carbons (Fsp3) is 0.412. The lowest BCUT2D eigenvalue weighted by atomic mass is 10.0. The molecule has 112 valence electrons. The third kappa shape index (κ3) is 4.45. The van der Waals surface area contributed by atoms with Gasteiger partial charge < -0.3 is 5.32 Å². The molecule has 0 fully saturated rings. The first-order valence-electron chi connectivity index (χ1n) is 7.46. The summed E-state index contributed by atoms with van der Waals surface area (Å²) >= 11 is 0. The number of carbonyl (C=O) groups is 1. The van der Waals surface area contributed by atoms with Crippen molar-refractivity contribution in [3.63, 3.8) is 0 Å². The first kappa shape index (κ1) is 15.3. The molecule has 0 atom stereocenters. The van der Waals surface area contributed by atoms with Gasteiger partial charge in [-0.25, -0.2) is 0 Å². The van der Waals surface area contributed by atoms with Crippen LogP contribution >= 0.6 is 0 Å². The van der Waals surface area contributed by atoms with Crippen molar-refractivity contribution in [3.8, 4) is 0 Å². The summed E-state index contributed by atoms with van der Waals surface area (Å²) in [6.45, 7) is 4.05. The Kier molecular flexibility index (Phi) is 5.14. The SMILES string of the molecule is CCc1ccc(CCCC(=O)Nc2cn(C)nc2C)cc1. The molecule has 1 amide bonds. The van der Waals surface area contributed by atoms with E-state index in [1.807, 2.05) is 20.2 Å². The van der Waals surface area contributed by atoms with Gasteiger partial charge in [-0.05, 0) is 37.3 Å². The van der Waals surface area contributed by atoms with Gasteiger partial charge >= 0.3 is 0 Å². The Morgan fingerprint density at radius 2 is 1.90 bits per heavy atom. The Bertz CT molecular complexity index is 599. The number of hydrogen-bond donors (Lipinski definition) is 1. The van der Waals surface area contributed by atoms with Crippen LogP contribution in [0.2, 0.25) is 0 Å². The smallest absolute Gasteiger partial charge is 0.224 e. The molecule has 4 nitrogen and oxygen atoms in total. The Morgan fingerprint density at radius 3 is 2.48 bits per heavy atom. The minimum Gasteiger partial charge on any atom is -0.323 e. The maximum atomic E-state index is 11.9. The van der Waals surface area contributed by atoms with E-state index in [0.717, 1.165) is 30.6 Å². The Morgan fingerprint density at radius 1 is 1.24 bits per heavy atom. The van der Waals surface area contributed by atoms with Crippen molar-refractivity contribution in [1.82, 2.24) is 9.78 Å². The molecule has 0 aliphatic heterocycles. The first-order valence-corrected chi connectivity index (χ1v) is 7.46. The van der Waals surface area contributed by atoms with Gasteiger partial charge in [0.2, 0.25) is 5.91 Å². The molecule has 2 aromatic rings. The second-order valence-electron chi connectivity index (χ2n) is 5.37. The van der Waals surface area contributed by atoms with Crippen molar-refractivity contribution in [1.29, 1.82) is 0 Å². The molecule has 0 saturated carbocycles. The zero-order valence-electron chi connectivity index (χ0n) is 13.0. The number of aryl methyl sites for hydroxylation is 4. The van der Waals surface area contributed by atoms with E-state index in [1.165, 1.54) is 11.1 Å². The van der Waals surface area contributed by atoms with Crippen molar-refractivity contribution < 1.29 is 4.79 Å². The van der Waals surface area contributed by atoms with E-state index in [0.29, 0.717) is 6.42 Å². The van der Waals surface area contributed by atoms with E-state index in [2.05, 4.69) is 41.6 Å². The lowest BCUT2D eigenvalue weighted by Gasteiger charge is -2.05. The van der Waals surface area contributed by atoms with E-state index >= 15 is 0 Å². The predicted octanol–water partition coefficient (Wildman–Crippen LogP) is 3.25. The summed E-state index contributed by atoms with van der Waals surface area (Å²) in [5, 5.41) is 7.12. The fourth-order valence-electron chi connectivity index (χ4n) is 2.33. The van der Waals surface area contributed by atoms with Crippen molar-refractivity contribution >= 4 is 11.6 Å². The summed E-state index contributed by atoms with van der Waals surface area (Å²) < 4.78 is 1.71. The van der Waals surface area contributed by atoms with E-state index in [9.17, 15) is 4.79 Å². The number of anilines is 1. The van der Waals surface area contributed by atoms with Gasteiger partial charge in [0.25, 0.3) is 0 Å². The highest BCUT2D eigenvalue weighted by Gasteiger charge is 2.07. The first-order chi connectivity index (χ1) is 10.1. The molecule has 0 bridgehead atoms. The summed E-state index contributed by atoms with van der Waals surface area (Å²) in [5.74, 6) is 0.0521. The Balaban J connectivity index is 1.77. The van der Waals surface area contributed by atoms with Crippen molar-refractivity contribution in [3.05, 3.63) is 47.3 Å². The number of hydrogen-bond acceptors (Lipinski definition) is 2. The van der Waals surface area contributed by atoms with Crippen LogP contribution in [0.1, 0.15) is 36.6 Å². The standard InChI is InChI=1S/C17H23N3O/c1-4-14-8-10-15(11-9-14)6-5-7-17(21)18-16-12-20(3)19-13(16)2/h8-12H,4-7H2,1-3H3,(H,18,21). The molecule has 2 rings (SSSR count). The predicted molar refractivity (Wildman–Crippen MR) is 85.3 cm³/mol. The zero-order chi connectivity index (χ0) is 15.2. The average Bonchev–Trinajstić information content (AvgIpc) is 2.77. The second kappa shape index (κ2) is 7.07. The number of amides is 1. The summed E-state index contributed by atoms with van der Waals surface area (Å²) in [6, 6.07) is 8.63. The van der Waals surface area contributed by atoms with Crippen molar-refractivity contribution in [2.24, 2.45) is 7.05 Å². The quantitative estimate of drug-likeness (QED) is 0.885. The maximum absolute atomic E-state index is 11.9. The molecular weight excluding hydrogens is 262 g/mol. The molecular formula is C17H23N3O. The van der Waals surface area contributed by atoms with E-state index in [4.69, 9.17) is 0 Å². The van der Waals surface area contributed by atoms with Crippen molar-refractivity contribution in [2.75, 3.05) is 5.32 Å². The average molecular weight is 285 g/mol. The van der Waals surface area contributed by atoms with E-state index in [1.54, 1.807) is 4.68 Å². The number of rotatable bonds is 6. The molecule has 0 aliphatic rings. The molecule has 1 heterocycles. The van der Waals surface area contributed by atoms with Gasteiger partial charge in [-0.2, -0.15) is 5.10 Å². The molecule has 0 spiro atoms. The third-order valence-electron chi connectivity index (χ3n) is 3.59. The van der Waals surface area contributed by atoms with E-state index < -0.39 is 0 Å². The number of nitrogens with zero attached hydrogens (tertiary/aromatic N) is 2. The van der Waals surface area contributed by atoms with Gasteiger partial charge in [0, 0.05) is 19.7 Å². The second-order valence-corrected chi connectivity index (χ2v) is 5.37. The summed E-state index contributed by atoms with van der Waals surface area (Å²) in [7, 11) is 1.85. The summed E-state index contributed by atoms with van der Waals surface area (Å²) in [5.41, 5.74) is 4.29. The van der Waals surface area contributed by atoms with Crippen LogP contribution in [-0.4, -0.2) is 15.7 Å². The number of carbonyl (C=O) groups excluding carboxylic acids is 1. The molecule has 0 saturated heterocycles. The molecule has 1 aromatic carbocycles. The Labute approximate surface area is 126 Å². The Hall–Kier alpha value is -2.10. The van der Waals surface area contributed by atoms with E-state index in [-0.39, 0.29) is 5.91 Å².